The molecule has 0 aliphatic rings. The van der Waals surface area contributed by atoms with Crippen molar-refractivity contribution in [1.29, 1.82) is 0 Å². The van der Waals surface area contributed by atoms with Gasteiger partial charge in [0.2, 0.25) is 5.78 Å². The van der Waals surface area contributed by atoms with Crippen molar-refractivity contribution >= 4 is 11.6 Å². The van der Waals surface area contributed by atoms with Crippen molar-refractivity contribution < 1.29 is 9.53 Å². The number of aryl methyl sites for hydroxylation is 2. The number of benzene rings is 1. The van der Waals surface area contributed by atoms with Gasteiger partial charge in [0.15, 0.2) is 11.5 Å². The van der Waals surface area contributed by atoms with Crippen LogP contribution in [0.4, 0.5) is 0 Å². The highest BCUT2D eigenvalue weighted by atomic mass is 16.5. The number of aromatic nitrogens is 5. The van der Waals surface area contributed by atoms with E-state index in [2.05, 4.69) is 20.3 Å². The number of ketones is 1. The third kappa shape index (κ3) is 2.30. The highest BCUT2D eigenvalue weighted by molar-refractivity contribution is 6.08. The molecule has 0 unspecified atom stereocenters. The summed E-state index contributed by atoms with van der Waals surface area (Å²) >= 11 is 0. The molecular formula is C15H15N5O2. The first-order chi connectivity index (χ1) is 10.6. The van der Waals surface area contributed by atoms with Crippen molar-refractivity contribution in [1.82, 2.24) is 24.8 Å². The van der Waals surface area contributed by atoms with Gasteiger partial charge in [0.1, 0.15) is 5.75 Å². The monoisotopic (exact) mass is 297 g/mol. The number of hydrogen-bond donors (Lipinski definition) is 0. The van der Waals surface area contributed by atoms with Gasteiger partial charge in [0.05, 0.1) is 12.8 Å². The van der Waals surface area contributed by atoms with E-state index in [4.69, 9.17) is 4.74 Å². The smallest absolute Gasteiger partial charge is 0.272 e. The van der Waals surface area contributed by atoms with Gasteiger partial charge in [-0.05, 0) is 31.2 Å². The van der Waals surface area contributed by atoms with Crippen LogP contribution in [-0.4, -0.2) is 37.7 Å². The summed E-state index contributed by atoms with van der Waals surface area (Å²) in [5.74, 6) is 1.56. The maximum atomic E-state index is 12.6. The van der Waals surface area contributed by atoms with Crippen LogP contribution < -0.4 is 4.74 Å². The topological polar surface area (TPSA) is 82.3 Å². The molecule has 2 heterocycles. The lowest BCUT2D eigenvalue weighted by Gasteiger charge is -2.05. The zero-order chi connectivity index (χ0) is 15.7. The number of carbonyl (C=O) groups is 1. The Bertz CT molecular complexity index is 839. The van der Waals surface area contributed by atoms with Crippen molar-refractivity contribution in [3.63, 3.8) is 0 Å². The molecule has 0 bridgehead atoms. The van der Waals surface area contributed by atoms with Crippen LogP contribution in [0.3, 0.4) is 0 Å². The van der Waals surface area contributed by atoms with Crippen LogP contribution in [0.15, 0.2) is 24.3 Å². The summed E-state index contributed by atoms with van der Waals surface area (Å²) in [7, 11) is 1.58. The van der Waals surface area contributed by atoms with Gasteiger partial charge in [-0.25, -0.2) is 0 Å². The summed E-state index contributed by atoms with van der Waals surface area (Å²) in [6, 6.07) is 6.87. The molecule has 0 fully saturated rings. The average molecular weight is 297 g/mol. The zero-order valence-corrected chi connectivity index (χ0v) is 12.6. The second-order valence-corrected chi connectivity index (χ2v) is 4.79. The fraction of sp³-hybridized carbons (Fsp3) is 0.267. The van der Waals surface area contributed by atoms with Crippen LogP contribution in [0.5, 0.6) is 5.75 Å². The Hall–Kier alpha value is -2.83. The number of rotatable bonds is 4. The minimum Gasteiger partial charge on any atom is -0.497 e. The van der Waals surface area contributed by atoms with E-state index in [1.165, 1.54) is 0 Å². The van der Waals surface area contributed by atoms with Crippen LogP contribution in [0.25, 0.3) is 5.78 Å². The van der Waals surface area contributed by atoms with E-state index in [0.29, 0.717) is 35.0 Å². The van der Waals surface area contributed by atoms with Gasteiger partial charge in [-0.3, -0.25) is 4.79 Å². The van der Waals surface area contributed by atoms with Gasteiger partial charge < -0.3 is 4.74 Å². The third-order valence-corrected chi connectivity index (χ3v) is 3.42. The highest BCUT2D eigenvalue weighted by Crippen LogP contribution is 2.16. The number of ether oxygens (including phenoxy) is 1. The van der Waals surface area contributed by atoms with Gasteiger partial charge in [-0.1, -0.05) is 6.92 Å². The van der Waals surface area contributed by atoms with E-state index in [9.17, 15) is 4.79 Å². The van der Waals surface area contributed by atoms with Crippen LogP contribution >= 0.6 is 0 Å². The van der Waals surface area contributed by atoms with Crippen molar-refractivity contribution in [3.8, 4) is 5.75 Å². The Kier molecular flexibility index (Phi) is 3.54. The Morgan fingerprint density at radius 1 is 1.23 bits per heavy atom. The van der Waals surface area contributed by atoms with Crippen molar-refractivity contribution in [2.24, 2.45) is 0 Å². The molecule has 7 heteroatoms. The average Bonchev–Trinajstić information content (AvgIpc) is 2.99. The number of fused-ring (bicyclic) bond motifs is 1. The third-order valence-electron chi connectivity index (χ3n) is 3.42. The molecule has 1 aromatic carbocycles. The van der Waals surface area contributed by atoms with Crippen molar-refractivity contribution in [2.45, 2.75) is 20.3 Å². The standard InChI is InChI=1S/C15H15N5O2/c1-4-12-16-15-18-17-13(9(2)20(15)19-12)14(21)10-5-7-11(22-3)8-6-10/h5-8H,4H2,1-3H3. The first-order valence-electron chi connectivity index (χ1n) is 6.91. The van der Waals surface area contributed by atoms with E-state index in [0.717, 1.165) is 0 Å². The summed E-state index contributed by atoms with van der Waals surface area (Å²) in [4.78, 5) is 16.8. The minimum absolute atomic E-state index is 0.205. The van der Waals surface area contributed by atoms with Crippen LogP contribution in [0.1, 0.15) is 34.5 Å². The van der Waals surface area contributed by atoms with E-state index in [-0.39, 0.29) is 11.5 Å². The molecule has 0 radical (unpaired) electrons. The van der Waals surface area contributed by atoms with Gasteiger partial charge >= 0.3 is 0 Å². The van der Waals surface area contributed by atoms with Gasteiger partial charge in [0.25, 0.3) is 5.78 Å². The second-order valence-electron chi connectivity index (χ2n) is 4.79. The predicted molar refractivity (Wildman–Crippen MR) is 79.1 cm³/mol. The molecule has 22 heavy (non-hydrogen) atoms. The summed E-state index contributed by atoms with van der Waals surface area (Å²) in [5, 5.41) is 12.3. The Morgan fingerprint density at radius 3 is 2.59 bits per heavy atom. The quantitative estimate of drug-likeness (QED) is 0.681. The fourth-order valence-corrected chi connectivity index (χ4v) is 2.14. The largest absolute Gasteiger partial charge is 0.497 e. The molecule has 0 atom stereocenters. The molecule has 0 aliphatic carbocycles. The summed E-state index contributed by atoms with van der Waals surface area (Å²) in [6.07, 6.45) is 0.699. The highest BCUT2D eigenvalue weighted by Gasteiger charge is 2.18. The SMILES string of the molecule is CCc1nc2nnc(C(=O)c3ccc(OC)cc3)c(C)n2n1. The van der Waals surface area contributed by atoms with Crippen molar-refractivity contribution in [3.05, 3.63) is 47.0 Å². The molecule has 0 aliphatic heterocycles. The molecule has 112 valence electrons. The lowest BCUT2D eigenvalue weighted by Crippen LogP contribution is -2.12. The van der Waals surface area contributed by atoms with Gasteiger partial charge in [-0.15, -0.1) is 15.3 Å². The van der Waals surface area contributed by atoms with Crippen LogP contribution in [-0.2, 0) is 6.42 Å². The Labute approximate surface area is 127 Å². The van der Waals surface area contributed by atoms with E-state index in [1.54, 1.807) is 42.8 Å². The Morgan fingerprint density at radius 2 is 1.95 bits per heavy atom. The lowest BCUT2D eigenvalue weighted by molar-refractivity contribution is 0.103. The molecule has 3 rings (SSSR count). The maximum absolute atomic E-state index is 12.6. The summed E-state index contributed by atoms with van der Waals surface area (Å²) in [5.41, 5.74) is 1.41. The molecule has 0 saturated carbocycles. The van der Waals surface area contributed by atoms with Gasteiger partial charge in [0, 0.05) is 12.0 Å². The normalized spacial score (nSPS) is 10.9. The second kappa shape index (κ2) is 5.51. The van der Waals surface area contributed by atoms with E-state index >= 15 is 0 Å². The summed E-state index contributed by atoms with van der Waals surface area (Å²) < 4.78 is 6.65. The van der Waals surface area contributed by atoms with E-state index < -0.39 is 0 Å². The molecule has 0 saturated heterocycles. The van der Waals surface area contributed by atoms with Crippen LogP contribution in [0.2, 0.25) is 0 Å². The molecule has 0 N–H and O–H groups in total. The molecule has 7 nitrogen and oxygen atoms in total. The Balaban J connectivity index is 2.04. The molecule has 2 aromatic heterocycles. The number of methoxy groups -OCH3 is 1. The van der Waals surface area contributed by atoms with Crippen molar-refractivity contribution in [2.75, 3.05) is 7.11 Å². The molecular weight excluding hydrogens is 282 g/mol. The minimum atomic E-state index is -0.205. The number of carbonyl (C=O) groups excluding carboxylic acids is 1. The number of hydrogen-bond acceptors (Lipinski definition) is 6. The molecule has 0 amide bonds. The predicted octanol–water partition coefficient (Wildman–Crippen LogP) is 1.63. The lowest BCUT2D eigenvalue weighted by atomic mass is 10.1. The molecule has 0 spiro atoms. The van der Waals surface area contributed by atoms with Gasteiger partial charge in [-0.2, -0.15) is 9.50 Å². The first-order valence-corrected chi connectivity index (χ1v) is 6.91. The first kappa shape index (κ1) is 14.1. The van der Waals surface area contributed by atoms with E-state index in [1.807, 2.05) is 6.92 Å². The molecule has 3 aromatic rings. The summed E-state index contributed by atoms with van der Waals surface area (Å²) in [6.45, 7) is 3.74. The maximum Gasteiger partial charge on any atom is 0.272 e. The van der Waals surface area contributed by atoms with Crippen LogP contribution in [0, 0.1) is 6.92 Å². The zero-order valence-electron chi connectivity index (χ0n) is 12.6. The fourth-order valence-electron chi connectivity index (χ4n) is 2.14. The number of nitrogens with zero attached hydrogens (tertiary/aromatic N) is 5.